The van der Waals surface area contributed by atoms with E-state index in [1.54, 1.807) is 0 Å². The lowest BCUT2D eigenvalue weighted by atomic mass is 10.4. The first kappa shape index (κ1) is 9.72. The lowest BCUT2D eigenvalue weighted by molar-refractivity contribution is 1.65. The maximum atomic E-state index is 5.70. The first-order valence-electron chi connectivity index (χ1n) is 2.21. The molecular formula is C6H5BrClI. The van der Waals surface area contributed by atoms with Gasteiger partial charge < -0.3 is 0 Å². The number of halogens is 3. The van der Waals surface area contributed by atoms with Crippen LogP contribution in [-0.2, 0) is 0 Å². The molecule has 1 rings (SSSR count). The van der Waals surface area contributed by atoms with Gasteiger partial charge in [0, 0.05) is 3.57 Å². The lowest BCUT2D eigenvalue weighted by Gasteiger charge is -1.89. The summed E-state index contributed by atoms with van der Waals surface area (Å²) >= 11 is 7.89. The fraction of sp³-hybridized carbons (Fsp3) is 0. The molecule has 0 radical (unpaired) electrons. The van der Waals surface area contributed by atoms with Gasteiger partial charge >= 0.3 is 0 Å². The van der Waals surface area contributed by atoms with Gasteiger partial charge in [-0.3, -0.25) is 0 Å². The van der Waals surface area contributed by atoms with Gasteiger partial charge in [-0.05, 0) is 34.7 Å². The van der Waals surface area contributed by atoms with Crippen LogP contribution in [0.3, 0.4) is 0 Å². The first-order valence-corrected chi connectivity index (χ1v) is 3.66. The molecule has 1 aromatic rings. The summed E-state index contributed by atoms with van der Waals surface area (Å²) in [7, 11) is 0. The second-order valence-electron chi connectivity index (χ2n) is 1.41. The average molecular weight is 319 g/mol. The fourth-order valence-corrected chi connectivity index (χ4v) is 0.962. The van der Waals surface area contributed by atoms with E-state index in [0.29, 0.717) is 0 Å². The summed E-state index contributed by atoms with van der Waals surface area (Å²) in [6, 6.07) is 7.74. The highest BCUT2D eigenvalue weighted by atomic mass is 127. The first-order chi connectivity index (χ1) is 3.80. The molecule has 9 heavy (non-hydrogen) atoms. The Bertz CT molecular complexity index is 169. The van der Waals surface area contributed by atoms with Gasteiger partial charge in [-0.15, -0.1) is 17.0 Å². The van der Waals surface area contributed by atoms with Crippen LogP contribution in [0.15, 0.2) is 24.3 Å². The SMILES string of the molecule is Br.Clc1ccccc1I. The van der Waals surface area contributed by atoms with Crippen LogP contribution in [0.2, 0.25) is 5.02 Å². The summed E-state index contributed by atoms with van der Waals surface area (Å²) in [5.41, 5.74) is 0. The maximum Gasteiger partial charge on any atom is 0.0539 e. The van der Waals surface area contributed by atoms with E-state index in [4.69, 9.17) is 11.6 Å². The molecule has 0 nitrogen and oxygen atoms in total. The van der Waals surface area contributed by atoms with Crippen LogP contribution in [0.1, 0.15) is 0 Å². The van der Waals surface area contributed by atoms with Crippen LogP contribution in [0.5, 0.6) is 0 Å². The van der Waals surface area contributed by atoms with Crippen LogP contribution in [-0.4, -0.2) is 0 Å². The summed E-state index contributed by atoms with van der Waals surface area (Å²) < 4.78 is 1.10. The van der Waals surface area contributed by atoms with Gasteiger partial charge in [-0.2, -0.15) is 0 Å². The number of hydrogen-bond acceptors (Lipinski definition) is 0. The van der Waals surface area contributed by atoms with Crippen LogP contribution >= 0.6 is 51.2 Å². The number of hydrogen-bond donors (Lipinski definition) is 0. The highest BCUT2D eigenvalue weighted by molar-refractivity contribution is 14.1. The molecule has 0 unspecified atom stereocenters. The molecule has 0 aromatic heterocycles. The Balaban J connectivity index is 0.000000640. The normalized spacial score (nSPS) is 8.22. The van der Waals surface area contributed by atoms with Crippen molar-refractivity contribution in [3.8, 4) is 0 Å². The molecule has 0 spiro atoms. The number of benzene rings is 1. The van der Waals surface area contributed by atoms with Crippen molar-refractivity contribution in [2.24, 2.45) is 0 Å². The molecule has 1 aromatic carbocycles. The summed E-state index contributed by atoms with van der Waals surface area (Å²) in [6.07, 6.45) is 0. The lowest BCUT2D eigenvalue weighted by Crippen LogP contribution is -1.67. The Morgan fingerprint density at radius 2 is 1.78 bits per heavy atom. The summed E-state index contributed by atoms with van der Waals surface area (Å²) in [5.74, 6) is 0. The second-order valence-corrected chi connectivity index (χ2v) is 2.98. The molecule has 50 valence electrons. The van der Waals surface area contributed by atoms with Gasteiger partial charge in [0.05, 0.1) is 5.02 Å². The Kier molecular flexibility index (Phi) is 4.88. The minimum Gasteiger partial charge on any atom is -0.114 e. The second kappa shape index (κ2) is 4.52. The summed E-state index contributed by atoms with van der Waals surface area (Å²) in [5, 5.41) is 0.827. The van der Waals surface area contributed by atoms with E-state index >= 15 is 0 Å². The molecule has 0 bridgehead atoms. The molecule has 0 aliphatic heterocycles. The van der Waals surface area contributed by atoms with E-state index in [2.05, 4.69) is 22.6 Å². The summed E-state index contributed by atoms with van der Waals surface area (Å²) in [4.78, 5) is 0. The van der Waals surface area contributed by atoms with Gasteiger partial charge in [-0.25, -0.2) is 0 Å². The zero-order chi connectivity index (χ0) is 5.98. The average Bonchev–Trinajstić information content (AvgIpc) is 1.77. The van der Waals surface area contributed by atoms with E-state index in [1.807, 2.05) is 24.3 Å². The van der Waals surface area contributed by atoms with Crippen LogP contribution in [0.25, 0.3) is 0 Å². The van der Waals surface area contributed by atoms with E-state index < -0.39 is 0 Å². The van der Waals surface area contributed by atoms with E-state index in [-0.39, 0.29) is 17.0 Å². The molecular weight excluding hydrogens is 314 g/mol. The van der Waals surface area contributed by atoms with E-state index in [1.165, 1.54) is 0 Å². The van der Waals surface area contributed by atoms with Crippen LogP contribution < -0.4 is 0 Å². The minimum absolute atomic E-state index is 0. The van der Waals surface area contributed by atoms with Crippen molar-refractivity contribution in [3.63, 3.8) is 0 Å². The molecule has 0 saturated carbocycles. The molecule has 3 heteroatoms. The number of rotatable bonds is 0. The summed E-state index contributed by atoms with van der Waals surface area (Å²) in [6.45, 7) is 0. The third kappa shape index (κ3) is 2.87. The topological polar surface area (TPSA) is 0 Å². The largest absolute Gasteiger partial charge is 0.114 e. The molecule has 0 atom stereocenters. The molecule has 0 fully saturated rings. The van der Waals surface area contributed by atoms with Crippen molar-refractivity contribution in [3.05, 3.63) is 32.9 Å². The van der Waals surface area contributed by atoms with Crippen molar-refractivity contribution in [1.82, 2.24) is 0 Å². The van der Waals surface area contributed by atoms with Gasteiger partial charge in [0.2, 0.25) is 0 Å². The van der Waals surface area contributed by atoms with E-state index in [0.717, 1.165) is 8.59 Å². The van der Waals surface area contributed by atoms with Crippen LogP contribution in [0.4, 0.5) is 0 Å². The van der Waals surface area contributed by atoms with Crippen molar-refractivity contribution in [2.45, 2.75) is 0 Å². The van der Waals surface area contributed by atoms with Crippen molar-refractivity contribution in [2.75, 3.05) is 0 Å². The maximum absolute atomic E-state index is 5.70. The van der Waals surface area contributed by atoms with E-state index in [9.17, 15) is 0 Å². The zero-order valence-corrected chi connectivity index (χ0v) is 9.10. The highest BCUT2D eigenvalue weighted by Gasteiger charge is 1.88. The molecule has 0 heterocycles. The minimum atomic E-state index is 0. The standard InChI is InChI=1S/C6H4ClI.BrH/c7-5-3-1-2-4-6(5)8;/h1-4H;1H. The van der Waals surface area contributed by atoms with Gasteiger partial charge in [0.25, 0.3) is 0 Å². The molecule has 0 aliphatic rings. The monoisotopic (exact) mass is 318 g/mol. The Morgan fingerprint density at radius 1 is 1.22 bits per heavy atom. The van der Waals surface area contributed by atoms with Gasteiger partial charge in [-0.1, -0.05) is 23.7 Å². The Morgan fingerprint density at radius 3 is 2.11 bits per heavy atom. The molecule has 0 N–H and O–H groups in total. The van der Waals surface area contributed by atoms with Crippen molar-refractivity contribution in [1.29, 1.82) is 0 Å². The zero-order valence-electron chi connectivity index (χ0n) is 4.47. The molecule has 0 saturated heterocycles. The molecule has 0 amide bonds. The van der Waals surface area contributed by atoms with Crippen LogP contribution in [0, 0.1) is 3.57 Å². The fourth-order valence-electron chi connectivity index (χ4n) is 0.439. The Hall–Kier alpha value is 0.720. The Labute approximate surface area is 83.5 Å². The third-order valence-corrected chi connectivity index (χ3v) is 2.41. The van der Waals surface area contributed by atoms with Gasteiger partial charge in [0.15, 0.2) is 0 Å². The predicted molar refractivity (Wildman–Crippen MR) is 54.5 cm³/mol. The smallest absolute Gasteiger partial charge is 0.0539 e. The quantitative estimate of drug-likeness (QED) is 0.642. The van der Waals surface area contributed by atoms with Crippen molar-refractivity contribution < 1.29 is 0 Å². The highest BCUT2D eigenvalue weighted by Crippen LogP contribution is 2.15. The third-order valence-electron chi connectivity index (χ3n) is 0.824. The van der Waals surface area contributed by atoms with Crippen molar-refractivity contribution >= 4 is 51.2 Å². The predicted octanol–water partition coefficient (Wildman–Crippen LogP) is 3.52. The molecule has 0 aliphatic carbocycles. The van der Waals surface area contributed by atoms with Gasteiger partial charge in [0.1, 0.15) is 0 Å².